The first-order valence-corrected chi connectivity index (χ1v) is 8.09. The topological polar surface area (TPSA) is 42.7 Å². The summed E-state index contributed by atoms with van der Waals surface area (Å²) < 4.78 is 15.3. The molecule has 0 bridgehead atoms. The zero-order chi connectivity index (χ0) is 17.4. The maximum Gasteiger partial charge on any atom is 0.141 e. The molecule has 2 aromatic carbocycles. The molecule has 0 aliphatic heterocycles. The Labute approximate surface area is 148 Å². The van der Waals surface area contributed by atoms with Gasteiger partial charge in [0.25, 0.3) is 0 Å². The van der Waals surface area contributed by atoms with Crippen molar-refractivity contribution < 1.29 is 4.39 Å². The molecule has 0 aliphatic carbocycles. The average Bonchev–Trinajstić information content (AvgIpc) is 2.96. The molecule has 0 atom stereocenters. The summed E-state index contributed by atoms with van der Waals surface area (Å²) in [5, 5.41) is 3.20. The third-order valence-corrected chi connectivity index (χ3v) is 4.28. The number of nitrogens with one attached hydrogen (secondary N) is 1. The standard InChI is InChI=1S/C19H14ClFN4/c1-25-17-10-18(23-13-7-8-15(21)14(20)9-13)22-11-16(17)24-19(25)12-5-3-2-4-6-12/h2-11H,1H3,(H,22,23). The van der Waals surface area contributed by atoms with Crippen LogP contribution in [0.1, 0.15) is 0 Å². The highest BCUT2D eigenvalue weighted by atomic mass is 35.5. The van der Waals surface area contributed by atoms with Crippen molar-refractivity contribution in [3.05, 3.63) is 71.6 Å². The summed E-state index contributed by atoms with van der Waals surface area (Å²) >= 11 is 5.82. The molecular weight excluding hydrogens is 339 g/mol. The highest BCUT2D eigenvalue weighted by Crippen LogP contribution is 2.26. The molecule has 2 heterocycles. The summed E-state index contributed by atoms with van der Waals surface area (Å²) in [4.78, 5) is 9.04. The fraction of sp³-hybridized carbons (Fsp3) is 0.0526. The molecule has 124 valence electrons. The van der Waals surface area contributed by atoms with E-state index >= 15 is 0 Å². The monoisotopic (exact) mass is 352 g/mol. The molecule has 25 heavy (non-hydrogen) atoms. The molecule has 0 amide bonds. The summed E-state index contributed by atoms with van der Waals surface area (Å²) in [6.45, 7) is 0. The number of rotatable bonds is 3. The van der Waals surface area contributed by atoms with Crippen LogP contribution >= 0.6 is 11.6 Å². The predicted octanol–water partition coefficient (Wildman–Crippen LogP) is 5.17. The van der Waals surface area contributed by atoms with Crippen LogP contribution in [-0.4, -0.2) is 14.5 Å². The molecule has 0 fully saturated rings. The van der Waals surface area contributed by atoms with Crippen LogP contribution in [0.25, 0.3) is 22.4 Å². The Morgan fingerprint density at radius 1 is 1.08 bits per heavy atom. The molecule has 2 aromatic heterocycles. The first-order valence-electron chi connectivity index (χ1n) is 7.72. The minimum atomic E-state index is -0.449. The van der Waals surface area contributed by atoms with Gasteiger partial charge in [0.05, 0.1) is 16.7 Å². The van der Waals surface area contributed by atoms with Crippen LogP contribution in [0.15, 0.2) is 60.8 Å². The number of aromatic nitrogens is 3. The molecule has 0 unspecified atom stereocenters. The molecule has 4 nitrogen and oxygen atoms in total. The number of imidazole rings is 1. The van der Waals surface area contributed by atoms with Crippen molar-refractivity contribution in [3.8, 4) is 11.4 Å². The van der Waals surface area contributed by atoms with Crippen molar-refractivity contribution in [2.45, 2.75) is 0 Å². The number of benzene rings is 2. The van der Waals surface area contributed by atoms with Gasteiger partial charge in [-0.3, -0.25) is 0 Å². The third-order valence-electron chi connectivity index (χ3n) is 3.99. The minimum absolute atomic E-state index is 0.0676. The zero-order valence-electron chi connectivity index (χ0n) is 13.4. The number of nitrogens with zero attached hydrogens (tertiary/aromatic N) is 3. The average molecular weight is 353 g/mol. The molecule has 0 spiro atoms. The first-order chi connectivity index (χ1) is 12.1. The lowest BCUT2D eigenvalue weighted by molar-refractivity contribution is 0.628. The molecule has 0 saturated carbocycles. The van der Waals surface area contributed by atoms with Gasteiger partial charge in [0.1, 0.15) is 23.0 Å². The highest BCUT2D eigenvalue weighted by molar-refractivity contribution is 6.31. The summed E-state index contributed by atoms with van der Waals surface area (Å²) in [5.74, 6) is 1.06. The van der Waals surface area contributed by atoms with Crippen LogP contribution in [0, 0.1) is 5.82 Å². The minimum Gasteiger partial charge on any atom is -0.340 e. The zero-order valence-corrected chi connectivity index (χ0v) is 14.1. The Balaban J connectivity index is 1.72. The van der Waals surface area contributed by atoms with Gasteiger partial charge in [-0.2, -0.15) is 0 Å². The SMILES string of the molecule is Cn1c(-c2ccccc2)nc2cnc(Nc3ccc(F)c(Cl)c3)cc21. The number of aryl methyl sites for hydroxylation is 1. The van der Waals surface area contributed by atoms with Gasteiger partial charge >= 0.3 is 0 Å². The van der Waals surface area contributed by atoms with E-state index in [2.05, 4.69) is 15.3 Å². The van der Waals surface area contributed by atoms with Gasteiger partial charge in [-0.25, -0.2) is 14.4 Å². The van der Waals surface area contributed by atoms with Crippen LogP contribution in [-0.2, 0) is 7.05 Å². The number of halogens is 2. The Bertz CT molecular complexity index is 1060. The second-order valence-corrected chi connectivity index (χ2v) is 6.08. The van der Waals surface area contributed by atoms with E-state index in [-0.39, 0.29) is 5.02 Å². The second-order valence-electron chi connectivity index (χ2n) is 5.67. The van der Waals surface area contributed by atoms with Gasteiger partial charge in [0, 0.05) is 24.4 Å². The van der Waals surface area contributed by atoms with Crippen molar-refractivity contribution in [2.75, 3.05) is 5.32 Å². The predicted molar refractivity (Wildman–Crippen MR) is 98.6 cm³/mol. The van der Waals surface area contributed by atoms with Gasteiger partial charge in [0.15, 0.2) is 0 Å². The number of hydrogen-bond acceptors (Lipinski definition) is 3. The Hall–Kier alpha value is -2.92. The lowest BCUT2D eigenvalue weighted by atomic mass is 10.2. The summed E-state index contributed by atoms with van der Waals surface area (Å²) in [6, 6.07) is 16.4. The molecule has 4 rings (SSSR count). The summed E-state index contributed by atoms with van der Waals surface area (Å²) in [5.41, 5.74) is 3.47. The van der Waals surface area contributed by atoms with Crippen molar-refractivity contribution in [2.24, 2.45) is 7.05 Å². The van der Waals surface area contributed by atoms with Crippen LogP contribution in [0.5, 0.6) is 0 Å². The Kier molecular flexibility index (Phi) is 3.86. The lowest BCUT2D eigenvalue weighted by Gasteiger charge is -2.07. The van der Waals surface area contributed by atoms with E-state index in [0.29, 0.717) is 11.5 Å². The smallest absolute Gasteiger partial charge is 0.141 e. The first kappa shape index (κ1) is 15.6. The van der Waals surface area contributed by atoms with Crippen molar-refractivity contribution >= 4 is 34.1 Å². The van der Waals surface area contributed by atoms with Crippen molar-refractivity contribution in [3.63, 3.8) is 0 Å². The summed E-state index contributed by atoms with van der Waals surface area (Å²) in [6.07, 6.45) is 1.72. The molecular formula is C19H14ClFN4. The molecule has 4 aromatic rings. The number of fused-ring (bicyclic) bond motifs is 1. The van der Waals surface area contributed by atoms with Gasteiger partial charge in [-0.05, 0) is 18.2 Å². The van der Waals surface area contributed by atoms with E-state index in [1.807, 2.05) is 48.0 Å². The van der Waals surface area contributed by atoms with Crippen LogP contribution in [0.2, 0.25) is 5.02 Å². The van der Waals surface area contributed by atoms with Gasteiger partial charge in [-0.15, -0.1) is 0 Å². The quantitative estimate of drug-likeness (QED) is 0.553. The second kappa shape index (κ2) is 6.18. The maximum absolute atomic E-state index is 13.3. The summed E-state index contributed by atoms with van der Waals surface area (Å²) in [7, 11) is 1.97. The molecule has 0 radical (unpaired) electrons. The van der Waals surface area contributed by atoms with Crippen LogP contribution in [0.3, 0.4) is 0 Å². The highest BCUT2D eigenvalue weighted by Gasteiger charge is 2.11. The molecule has 0 saturated heterocycles. The Morgan fingerprint density at radius 3 is 2.64 bits per heavy atom. The van der Waals surface area contributed by atoms with E-state index in [4.69, 9.17) is 11.6 Å². The molecule has 1 N–H and O–H groups in total. The lowest BCUT2D eigenvalue weighted by Crippen LogP contribution is -1.96. The normalized spacial score (nSPS) is 11.0. The number of pyridine rings is 1. The van der Waals surface area contributed by atoms with E-state index < -0.39 is 5.82 Å². The van der Waals surface area contributed by atoms with E-state index in [0.717, 1.165) is 22.4 Å². The fourth-order valence-corrected chi connectivity index (χ4v) is 2.91. The third kappa shape index (κ3) is 2.94. The fourth-order valence-electron chi connectivity index (χ4n) is 2.73. The van der Waals surface area contributed by atoms with Crippen LogP contribution in [0.4, 0.5) is 15.9 Å². The van der Waals surface area contributed by atoms with Crippen molar-refractivity contribution in [1.82, 2.24) is 14.5 Å². The Morgan fingerprint density at radius 2 is 1.88 bits per heavy atom. The van der Waals surface area contributed by atoms with Gasteiger partial charge < -0.3 is 9.88 Å². The number of hydrogen-bond donors (Lipinski definition) is 1. The van der Waals surface area contributed by atoms with Crippen LogP contribution < -0.4 is 5.32 Å². The maximum atomic E-state index is 13.3. The number of anilines is 2. The van der Waals surface area contributed by atoms with Gasteiger partial charge in [-0.1, -0.05) is 41.9 Å². The van der Waals surface area contributed by atoms with E-state index in [9.17, 15) is 4.39 Å². The van der Waals surface area contributed by atoms with Crippen molar-refractivity contribution in [1.29, 1.82) is 0 Å². The van der Waals surface area contributed by atoms with E-state index in [1.165, 1.54) is 12.1 Å². The molecule has 0 aliphatic rings. The molecule has 6 heteroatoms. The largest absolute Gasteiger partial charge is 0.340 e. The van der Waals surface area contributed by atoms with Gasteiger partial charge in [0.2, 0.25) is 0 Å². The van der Waals surface area contributed by atoms with E-state index in [1.54, 1.807) is 12.3 Å².